The van der Waals surface area contributed by atoms with Crippen LogP contribution in [0.1, 0.15) is 5.56 Å². The minimum atomic E-state index is -4.35. The Morgan fingerprint density at radius 2 is 1.83 bits per heavy atom. The third-order valence-electron chi connectivity index (χ3n) is 1.13. The summed E-state index contributed by atoms with van der Waals surface area (Å²) in [7, 11) is 0. The van der Waals surface area contributed by atoms with Crippen LogP contribution in [0.15, 0.2) is 21.3 Å². The van der Waals surface area contributed by atoms with Gasteiger partial charge in [0.2, 0.25) is 0 Å². The van der Waals surface area contributed by atoms with Crippen molar-refractivity contribution in [3.63, 3.8) is 0 Å². The Labute approximate surface area is 83.2 Å². The van der Waals surface area contributed by atoms with Crippen molar-refractivity contribution >= 4 is 31.9 Å². The summed E-state index contributed by atoms with van der Waals surface area (Å²) in [5.74, 6) is 0. The van der Waals surface area contributed by atoms with Crippen molar-refractivity contribution in [1.82, 2.24) is 4.98 Å². The molecular weight excluding hydrogens is 303 g/mol. The maximum Gasteiger partial charge on any atom is 0.418 e. The van der Waals surface area contributed by atoms with Gasteiger partial charge in [0.05, 0.1) is 5.56 Å². The number of halogens is 5. The van der Waals surface area contributed by atoms with Gasteiger partial charge in [-0.3, -0.25) is 0 Å². The van der Waals surface area contributed by atoms with Crippen LogP contribution in [0, 0.1) is 0 Å². The van der Waals surface area contributed by atoms with Crippen molar-refractivity contribution in [1.29, 1.82) is 0 Å². The van der Waals surface area contributed by atoms with Crippen molar-refractivity contribution in [3.8, 4) is 0 Å². The highest BCUT2D eigenvalue weighted by molar-refractivity contribution is 9.11. The monoisotopic (exact) mass is 303 g/mol. The molecule has 0 bridgehead atoms. The Kier molecular flexibility index (Phi) is 2.77. The average molecular weight is 305 g/mol. The van der Waals surface area contributed by atoms with E-state index in [1.807, 2.05) is 0 Å². The van der Waals surface area contributed by atoms with Crippen LogP contribution in [-0.2, 0) is 6.18 Å². The van der Waals surface area contributed by atoms with Gasteiger partial charge >= 0.3 is 6.18 Å². The molecule has 66 valence electrons. The number of hydrogen-bond donors (Lipinski definition) is 0. The summed E-state index contributed by atoms with van der Waals surface area (Å²) in [5, 5.41) is 0. The number of pyridine rings is 1. The number of alkyl halides is 3. The van der Waals surface area contributed by atoms with Gasteiger partial charge in [-0.1, -0.05) is 15.9 Å². The third-order valence-corrected chi connectivity index (χ3v) is 2.22. The fourth-order valence-electron chi connectivity index (χ4n) is 0.616. The van der Waals surface area contributed by atoms with E-state index in [0.29, 0.717) is 4.60 Å². The van der Waals surface area contributed by atoms with Gasteiger partial charge in [-0.15, -0.1) is 0 Å². The molecule has 0 saturated carbocycles. The molecule has 0 amide bonds. The molecule has 0 saturated heterocycles. The van der Waals surface area contributed by atoms with Crippen molar-refractivity contribution in [2.24, 2.45) is 0 Å². The molecule has 0 N–H and O–H groups in total. The summed E-state index contributed by atoms with van der Waals surface area (Å²) in [5.41, 5.74) is -0.773. The molecule has 1 aromatic rings. The first-order chi connectivity index (χ1) is 5.41. The van der Waals surface area contributed by atoms with Crippen molar-refractivity contribution in [3.05, 3.63) is 26.9 Å². The second-order valence-corrected chi connectivity index (χ2v) is 3.65. The van der Waals surface area contributed by atoms with Gasteiger partial charge in [-0.05, 0) is 22.0 Å². The summed E-state index contributed by atoms with van der Waals surface area (Å²) in [6, 6.07) is 1.25. The standard InChI is InChI=1S/C6H2Br2F3N/c7-4-1-5(8)12-2-3(4)6(9,10)11/h1-2H. The highest BCUT2D eigenvalue weighted by atomic mass is 79.9. The van der Waals surface area contributed by atoms with Gasteiger partial charge in [0.25, 0.3) is 0 Å². The van der Waals surface area contributed by atoms with Gasteiger partial charge < -0.3 is 0 Å². The summed E-state index contributed by atoms with van der Waals surface area (Å²) < 4.78 is 36.6. The summed E-state index contributed by atoms with van der Waals surface area (Å²) in [6.45, 7) is 0. The highest BCUT2D eigenvalue weighted by Crippen LogP contribution is 2.34. The summed E-state index contributed by atoms with van der Waals surface area (Å²) >= 11 is 5.75. The van der Waals surface area contributed by atoms with E-state index in [9.17, 15) is 13.2 Å². The highest BCUT2D eigenvalue weighted by Gasteiger charge is 2.33. The second kappa shape index (κ2) is 3.33. The van der Waals surface area contributed by atoms with E-state index in [2.05, 4.69) is 36.8 Å². The largest absolute Gasteiger partial charge is 0.418 e. The molecule has 1 aromatic heterocycles. The molecule has 12 heavy (non-hydrogen) atoms. The van der Waals surface area contributed by atoms with Crippen molar-refractivity contribution in [2.75, 3.05) is 0 Å². The smallest absolute Gasteiger partial charge is 0.249 e. The van der Waals surface area contributed by atoms with E-state index in [0.717, 1.165) is 6.20 Å². The van der Waals surface area contributed by atoms with Crippen LogP contribution in [-0.4, -0.2) is 4.98 Å². The van der Waals surface area contributed by atoms with Crippen LogP contribution in [0.2, 0.25) is 0 Å². The maximum atomic E-state index is 12.1. The van der Waals surface area contributed by atoms with Gasteiger partial charge in [-0.2, -0.15) is 13.2 Å². The topological polar surface area (TPSA) is 12.9 Å². The molecule has 0 aliphatic heterocycles. The predicted octanol–water partition coefficient (Wildman–Crippen LogP) is 3.63. The van der Waals surface area contributed by atoms with Crippen LogP contribution < -0.4 is 0 Å². The predicted molar refractivity (Wildman–Crippen MR) is 44.6 cm³/mol. The Bertz CT molecular complexity index is 297. The number of hydrogen-bond acceptors (Lipinski definition) is 1. The summed E-state index contributed by atoms with van der Waals surface area (Å²) in [4.78, 5) is 3.47. The van der Waals surface area contributed by atoms with E-state index in [1.54, 1.807) is 0 Å². The lowest BCUT2D eigenvalue weighted by Gasteiger charge is -2.07. The maximum absolute atomic E-state index is 12.1. The van der Waals surface area contributed by atoms with Crippen LogP contribution in [0.5, 0.6) is 0 Å². The van der Waals surface area contributed by atoms with Crippen LogP contribution in [0.3, 0.4) is 0 Å². The molecular formula is C6H2Br2F3N. The van der Waals surface area contributed by atoms with Crippen LogP contribution in [0.25, 0.3) is 0 Å². The lowest BCUT2D eigenvalue weighted by atomic mass is 10.3. The SMILES string of the molecule is FC(F)(F)c1cnc(Br)cc1Br. The van der Waals surface area contributed by atoms with E-state index in [-0.39, 0.29) is 4.47 Å². The Balaban J connectivity index is 3.19. The lowest BCUT2D eigenvalue weighted by Crippen LogP contribution is -2.06. The molecule has 0 atom stereocenters. The zero-order valence-electron chi connectivity index (χ0n) is 5.49. The van der Waals surface area contributed by atoms with Crippen molar-refractivity contribution in [2.45, 2.75) is 6.18 Å². The molecule has 0 fully saturated rings. The first kappa shape index (κ1) is 9.98. The molecule has 0 spiro atoms. The lowest BCUT2D eigenvalue weighted by molar-refractivity contribution is -0.138. The fraction of sp³-hybridized carbons (Fsp3) is 0.167. The van der Waals surface area contributed by atoms with E-state index in [1.165, 1.54) is 6.07 Å². The average Bonchev–Trinajstić information content (AvgIpc) is 1.83. The molecule has 0 radical (unpaired) electrons. The number of rotatable bonds is 0. The van der Waals surface area contributed by atoms with Gasteiger partial charge in [0.1, 0.15) is 4.60 Å². The molecule has 0 unspecified atom stereocenters. The van der Waals surface area contributed by atoms with E-state index < -0.39 is 11.7 Å². The third kappa shape index (κ3) is 2.20. The number of nitrogens with zero attached hydrogens (tertiary/aromatic N) is 1. The molecule has 6 heteroatoms. The molecule has 0 aliphatic carbocycles. The Morgan fingerprint density at radius 1 is 1.25 bits per heavy atom. The normalized spacial score (nSPS) is 11.8. The molecule has 0 aromatic carbocycles. The van der Waals surface area contributed by atoms with Gasteiger partial charge in [0, 0.05) is 10.7 Å². The zero-order valence-corrected chi connectivity index (χ0v) is 8.66. The van der Waals surface area contributed by atoms with Crippen molar-refractivity contribution < 1.29 is 13.2 Å². The van der Waals surface area contributed by atoms with Crippen LogP contribution >= 0.6 is 31.9 Å². The first-order valence-corrected chi connectivity index (χ1v) is 4.38. The minimum absolute atomic E-state index is 0.0168. The second-order valence-electron chi connectivity index (χ2n) is 1.98. The quantitative estimate of drug-likeness (QED) is 0.667. The Morgan fingerprint density at radius 3 is 2.25 bits per heavy atom. The molecule has 1 rings (SSSR count). The molecule has 1 heterocycles. The fourth-order valence-corrected chi connectivity index (χ4v) is 1.80. The van der Waals surface area contributed by atoms with Gasteiger partial charge in [0.15, 0.2) is 0 Å². The Hall–Kier alpha value is -0.100. The van der Waals surface area contributed by atoms with E-state index >= 15 is 0 Å². The summed E-state index contributed by atoms with van der Waals surface area (Å²) in [6.07, 6.45) is -3.58. The van der Waals surface area contributed by atoms with Gasteiger partial charge in [-0.25, -0.2) is 4.98 Å². The molecule has 0 aliphatic rings. The zero-order chi connectivity index (χ0) is 9.35. The minimum Gasteiger partial charge on any atom is -0.249 e. The number of aromatic nitrogens is 1. The van der Waals surface area contributed by atoms with Crippen LogP contribution in [0.4, 0.5) is 13.2 Å². The van der Waals surface area contributed by atoms with E-state index in [4.69, 9.17) is 0 Å². The first-order valence-electron chi connectivity index (χ1n) is 2.79. The molecule has 1 nitrogen and oxygen atoms in total.